The van der Waals surface area contributed by atoms with E-state index in [9.17, 15) is 4.79 Å². The van der Waals surface area contributed by atoms with Gasteiger partial charge >= 0.3 is 0 Å². The van der Waals surface area contributed by atoms with Gasteiger partial charge in [-0.05, 0) is 54.2 Å². The lowest BCUT2D eigenvalue weighted by molar-refractivity contribution is 0.0931. The number of nitrogens with one attached hydrogen (secondary N) is 2. The summed E-state index contributed by atoms with van der Waals surface area (Å²) in [7, 11) is 0. The zero-order valence-corrected chi connectivity index (χ0v) is 17.2. The van der Waals surface area contributed by atoms with Crippen molar-refractivity contribution in [2.24, 2.45) is 5.92 Å². The summed E-state index contributed by atoms with van der Waals surface area (Å²) in [5, 5.41) is 10.7. The summed E-state index contributed by atoms with van der Waals surface area (Å²) in [4.78, 5) is 17.0. The van der Waals surface area contributed by atoms with E-state index >= 15 is 0 Å². The van der Waals surface area contributed by atoms with E-state index in [0.29, 0.717) is 24.7 Å². The second kappa shape index (κ2) is 8.39. The molecule has 2 aliphatic rings. The van der Waals surface area contributed by atoms with Gasteiger partial charge in [0.1, 0.15) is 19.5 Å². The number of aromatic nitrogens is 3. The lowest BCUT2D eigenvalue weighted by atomic mass is 10.0. The average Bonchev–Trinajstić information content (AvgIpc) is 3.50. The summed E-state index contributed by atoms with van der Waals surface area (Å²) in [6.45, 7) is 1.13. The first-order valence-electron chi connectivity index (χ1n) is 10.0. The molecule has 0 spiro atoms. The fraction of sp³-hybridized carbons (Fsp3) is 0.318. The molecule has 1 amide bonds. The van der Waals surface area contributed by atoms with Crippen molar-refractivity contribution in [1.82, 2.24) is 20.5 Å². The van der Waals surface area contributed by atoms with Crippen molar-refractivity contribution in [2.45, 2.75) is 29.8 Å². The molecule has 8 heteroatoms. The van der Waals surface area contributed by atoms with Crippen LogP contribution in [0.4, 0.5) is 0 Å². The predicted molar refractivity (Wildman–Crippen MR) is 113 cm³/mol. The van der Waals surface area contributed by atoms with Crippen LogP contribution in [0, 0.1) is 5.92 Å². The van der Waals surface area contributed by atoms with Crippen LogP contribution in [-0.2, 0) is 5.75 Å². The first-order valence-corrected chi connectivity index (χ1v) is 11.0. The molecule has 1 atom stereocenters. The van der Waals surface area contributed by atoms with Gasteiger partial charge in [0.15, 0.2) is 16.7 Å². The third-order valence-corrected chi connectivity index (χ3v) is 6.24. The Morgan fingerprint density at radius 2 is 1.93 bits per heavy atom. The van der Waals surface area contributed by atoms with Gasteiger partial charge in [0.2, 0.25) is 0 Å². The van der Waals surface area contributed by atoms with Crippen LogP contribution in [0.25, 0.3) is 0 Å². The molecule has 1 aromatic heterocycles. The molecule has 3 aromatic rings. The molecule has 1 saturated carbocycles. The molecule has 30 heavy (non-hydrogen) atoms. The Balaban J connectivity index is 1.26. The Morgan fingerprint density at radius 1 is 1.13 bits per heavy atom. The van der Waals surface area contributed by atoms with E-state index in [-0.39, 0.29) is 11.9 Å². The van der Waals surface area contributed by atoms with Crippen molar-refractivity contribution in [3.8, 4) is 11.5 Å². The van der Waals surface area contributed by atoms with Gasteiger partial charge < -0.3 is 14.8 Å². The van der Waals surface area contributed by atoms with E-state index in [4.69, 9.17) is 9.47 Å². The molecule has 2 heterocycles. The zero-order chi connectivity index (χ0) is 20.3. The van der Waals surface area contributed by atoms with Gasteiger partial charge in [-0.2, -0.15) is 5.10 Å². The van der Waals surface area contributed by atoms with Gasteiger partial charge in [0.25, 0.3) is 5.91 Å². The largest absolute Gasteiger partial charge is 0.486 e. The van der Waals surface area contributed by atoms with Gasteiger partial charge in [-0.1, -0.05) is 30.0 Å². The number of fused-ring (bicyclic) bond motifs is 1. The number of carbonyl (C=O) groups is 1. The molecule has 2 aromatic carbocycles. The number of ether oxygens (including phenoxy) is 2. The number of rotatable bonds is 7. The van der Waals surface area contributed by atoms with Crippen molar-refractivity contribution in [1.29, 1.82) is 0 Å². The molecule has 1 aliphatic heterocycles. The number of amides is 1. The van der Waals surface area contributed by atoms with E-state index in [2.05, 4.69) is 20.5 Å². The number of thioether (sulfide) groups is 1. The summed E-state index contributed by atoms with van der Waals surface area (Å²) < 4.78 is 11.3. The number of nitrogens with zero attached hydrogens (tertiary/aromatic N) is 2. The monoisotopic (exact) mass is 422 g/mol. The molecule has 1 unspecified atom stereocenters. The standard InChI is InChI=1S/C22H22N4O3S/c27-21(16-3-1-14(2-4-16)12-30-22-23-13-24-26-22)25-20(15-5-6-15)17-7-8-18-19(11-17)29-10-9-28-18/h1-4,7-8,11,13,15,20H,5-6,9-10,12H2,(H,25,27)(H,23,24,26). The third kappa shape index (κ3) is 4.28. The van der Waals surface area contributed by atoms with Crippen LogP contribution in [0.1, 0.15) is 40.4 Å². The maximum atomic E-state index is 12.9. The topological polar surface area (TPSA) is 89.1 Å². The van der Waals surface area contributed by atoms with Crippen LogP contribution in [0.15, 0.2) is 53.9 Å². The van der Waals surface area contributed by atoms with Crippen LogP contribution in [-0.4, -0.2) is 34.3 Å². The summed E-state index contributed by atoms with van der Waals surface area (Å²) in [5.41, 5.74) is 2.85. The maximum Gasteiger partial charge on any atom is 0.251 e. The quantitative estimate of drug-likeness (QED) is 0.564. The SMILES string of the molecule is O=C(NC(c1ccc2c(c1)OCCO2)C1CC1)c1ccc(CSc2ncn[nH]2)cc1. The number of hydrogen-bond donors (Lipinski definition) is 2. The summed E-state index contributed by atoms with van der Waals surface area (Å²) in [5.74, 6) is 2.70. The minimum Gasteiger partial charge on any atom is -0.486 e. The average molecular weight is 423 g/mol. The lowest BCUT2D eigenvalue weighted by Crippen LogP contribution is -2.30. The van der Waals surface area contributed by atoms with Crippen LogP contribution < -0.4 is 14.8 Å². The summed E-state index contributed by atoms with van der Waals surface area (Å²) in [6.07, 6.45) is 3.74. The molecule has 0 saturated heterocycles. The Labute approximate surface area is 178 Å². The molecule has 1 fully saturated rings. The van der Waals surface area contributed by atoms with E-state index in [1.807, 2.05) is 42.5 Å². The molecule has 154 valence electrons. The van der Waals surface area contributed by atoms with Crippen molar-refractivity contribution in [2.75, 3.05) is 13.2 Å². The fourth-order valence-electron chi connectivity index (χ4n) is 3.55. The van der Waals surface area contributed by atoms with E-state index in [0.717, 1.165) is 46.4 Å². The highest BCUT2D eigenvalue weighted by atomic mass is 32.2. The van der Waals surface area contributed by atoms with Crippen LogP contribution in [0.5, 0.6) is 11.5 Å². The normalized spacial score (nSPS) is 16.1. The van der Waals surface area contributed by atoms with Gasteiger partial charge in [0.05, 0.1) is 6.04 Å². The molecule has 0 bridgehead atoms. The number of hydrogen-bond acceptors (Lipinski definition) is 6. The van der Waals surface area contributed by atoms with Crippen molar-refractivity contribution in [3.05, 3.63) is 65.5 Å². The Bertz CT molecular complexity index is 1020. The fourth-order valence-corrected chi connectivity index (χ4v) is 4.28. The predicted octanol–water partition coefficient (Wildman–Crippen LogP) is 3.75. The first kappa shape index (κ1) is 19.0. The third-order valence-electron chi connectivity index (χ3n) is 5.29. The number of benzene rings is 2. The van der Waals surface area contributed by atoms with Crippen LogP contribution >= 0.6 is 11.8 Å². The molecule has 1 aliphatic carbocycles. The van der Waals surface area contributed by atoms with E-state index in [1.54, 1.807) is 11.8 Å². The second-order valence-corrected chi connectivity index (χ2v) is 8.43. The van der Waals surface area contributed by atoms with Crippen molar-refractivity contribution < 1.29 is 14.3 Å². The summed E-state index contributed by atoms with van der Waals surface area (Å²) in [6, 6.07) is 13.7. The minimum atomic E-state index is -0.0590. The second-order valence-electron chi connectivity index (χ2n) is 7.47. The molecular formula is C22H22N4O3S. The van der Waals surface area contributed by atoms with E-state index < -0.39 is 0 Å². The molecule has 7 nitrogen and oxygen atoms in total. The van der Waals surface area contributed by atoms with E-state index in [1.165, 1.54) is 6.33 Å². The molecular weight excluding hydrogens is 400 g/mol. The molecule has 0 radical (unpaired) electrons. The van der Waals surface area contributed by atoms with Gasteiger partial charge in [-0.25, -0.2) is 4.98 Å². The van der Waals surface area contributed by atoms with Gasteiger partial charge in [-0.15, -0.1) is 0 Å². The Hall–Kier alpha value is -3.00. The number of aromatic amines is 1. The minimum absolute atomic E-state index is 0.0185. The van der Waals surface area contributed by atoms with Crippen LogP contribution in [0.3, 0.4) is 0 Å². The Morgan fingerprint density at radius 3 is 2.67 bits per heavy atom. The highest BCUT2D eigenvalue weighted by Crippen LogP contribution is 2.43. The molecule has 2 N–H and O–H groups in total. The highest BCUT2D eigenvalue weighted by Gasteiger charge is 2.34. The first-order chi connectivity index (χ1) is 14.8. The maximum absolute atomic E-state index is 12.9. The molecule has 5 rings (SSSR count). The zero-order valence-electron chi connectivity index (χ0n) is 16.3. The van der Waals surface area contributed by atoms with Crippen molar-refractivity contribution >= 4 is 17.7 Å². The summed E-state index contributed by atoms with van der Waals surface area (Å²) >= 11 is 1.57. The van der Waals surface area contributed by atoms with Crippen LogP contribution in [0.2, 0.25) is 0 Å². The van der Waals surface area contributed by atoms with Crippen molar-refractivity contribution in [3.63, 3.8) is 0 Å². The van der Waals surface area contributed by atoms with Gasteiger partial charge in [0, 0.05) is 11.3 Å². The smallest absolute Gasteiger partial charge is 0.251 e. The number of carbonyl (C=O) groups excluding carboxylic acids is 1. The number of H-pyrrole nitrogens is 1. The Kier molecular flexibility index (Phi) is 5.31. The highest BCUT2D eigenvalue weighted by molar-refractivity contribution is 7.98. The van der Waals surface area contributed by atoms with Gasteiger partial charge in [-0.3, -0.25) is 9.89 Å². The lowest BCUT2D eigenvalue weighted by Gasteiger charge is -2.23.